The lowest BCUT2D eigenvalue weighted by Gasteiger charge is -2.10. The number of nitrogens with zero attached hydrogens (tertiary/aromatic N) is 3. The average molecular weight is 409 g/mol. The Morgan fingerprint density at radius 3 is 2.66 bits per heavy atom. The smallest absolute Gasteiger partial charge is 0.422 e. The first-order chi connectivity index (χ1) is 13.7. The number of carbonyl (C=O) groups is 1. The fraction of sp³-hybridized carbons (Fsp3) is 0.167. The van der Waals surface area contributed by atoms with Gasteiger partial charge in [0.05, 0.1) is 18.1 Å². The van der Waals surface area contributed by atoms with Gasteiger partial charge in [0.1, 0.15) is 28.8 Å². The van der Waals surface area contributed by atoms with E-state index in [0.717, 1.165) is 6.20 Å². The number of nitrogens with one attached hydrogen (secondary N) is 1. The third-order valence-electron chi connectivity index (χ3n) is 3.90. The van der Waals surface area contributed by atoms with Crippen molar-refractivity contribution in [1.82, 2.24) is 14.8 Å². The van der Waals surface area contributed by atoms with Crippen molar-refractivity contribution in [3.05, 3.63) is 59.7 Å². The molecule has 0 aliphatic carbocycles. The Bertz CT molecular complexity index is 1030. The van der Waals surface area contributed by atoms with Crippen molar-refractivity contribution in [1.29, 1.82) is 0 Å². The summed E-state index contributed by atoms with van der Waals surface area (Å²) in [6.07, 6.45) is -2.20. The number of hydrogen-bond acceptors (Lipinski definition) is 5. The molecule has 0 radical (unpaired) electrons. The van der Waals surface area contributed by atoms with Crippen LogP contribution in [0.4, 0.5) is 29.2 Å². The Balaban J connectivity index is 1.73. The maximum Gasteiger partial charge on any atom is 0.422 e. The highest BCUT2D eigenvalue weighted by Gasteiger charge is 2.28. The Hall–Kier alpha value is -3.63. The van der Waals surface area contributed by atoms with Gasteiger partial charge in [-0.05, 0) is 31.2 Å². The predicted molar refractivity (Wildman–Crippen MR) is 96.4 cm³/mol. The van der Waals surface area contributed by atoms with Gasteiger partial charge in [-0.1, -0.05) is 6.07 Å². The highest BCUT2D eigenvalue weighted by Crippen LogP contribution is 2.23. The van der Waals surface area contributed by atoms with Gasteiger partial charge in [-0.2, -0.15) is 18.3 Å². The Morgan fingerprint density at radius 1 is 1.24 bits per heavy atom. The van der Waals surface area contributed by atoms with Crippen LogP contribution in [0.5, 0.6) is 5.75 Å². The molecule has 0 fully saturated rings. The van der Waals surface area contributed by atoms with E-state index >= 15 is 0 Å². The second kappa shape index (κ2) is 7.78. The molecule has 0 spiro atoms. The number of hydrogen-bond donors (Lipinski definition) is 2. The molecular formula is C18H15F4N5O2. The molecule has 0 saturated carbocycles. The fourth-order valence-electron chi connectivity index (χ4n) is 2.44. The van der Waals surface area contributed by atoms with Crippen LogP contribution in [-0.4, -0.2) is 33.5 Å². The summed E-state index contributed by atoms with van der Waals surface area (Å²) in [6.45, 7) is 0.105. The number of rotatable bonds is 5. The van der Waals surface area contributed by atoms with Crippen LogP contribution in [0.3, 0.4) is 0 Å². The largest absolute Gasteiger partial charge is 0.483 e. The molecule has 29 heavy (non-hydrogen) atoms. The number of halogens is 4. The van der Waals surface area contributed by atoms with E-state index in [2.05, 4.69) is 20.1 Å². The minimum atomic E-state index is -4.47. The third-order valence-corrected chi connectivity index (χ3v) is 3.90. The minimum Gasteiger partial charge on any atom is -0.483 e. The summed E-state index contributed by atoms with van der Waals surface area (Å²) < 4.78 is 56.0. The van der Waals surface area contributed by atoms with Gasteiger partial charge in [0, 0.05) is 5.56 Å². The number of nitrogen functional groups attached to an aromatic ring is 1. The lowest BCUT2D eigenvalue weighted by atomic mass is 10.2. The van der Waals surface area contributed by atoms with Crippen molar-refractivity contribution in [2.75, 3.05) is 17.7 Å². The minimum absolute atomic E-state index is 0.0127. The summed E-state index contributed by atoms with van der Waals surface area (Å²) in [5, 5.41) is 6.48. The normalized spacial score (nSPS) is 11.3. The molecule has 3 rings (SSSR count). The van der Waals surface area contributed by atoms with Crippen LogP contribution in [0, 0.1) is 12.7 Å². The van der Waals surface area contributed by atoms with Crippen molar-refractivity contribution in [3.8, 4) is 11.4 Å². The zero-order valence-corrected chi connectivity index (χ0v) is 15.0. The van der Waals surface area contributed by atoms with Crippen LogP contribution in [0.1, 0.15) is 15.9 Å². The monoisotopic (exact) mass is 409 g/mol. The number of amides is 1. The molecule has 1 aromatic carbocycles. The number of aromatic nitrogens is 3. The van der Waals surface area contributed by atoms with E-state index in [9.17, 15) is 22.4 Å². The van der Waals surface area contributed by atoms with Crippen LogP contribution in [-0.2, 0) is 0 Å². The number of benzene rings is 1. The molecule has 7 nitrogen and oxygen atoms in total. The molecule has 2 heterocycles. The van der Waals surface area contributed by atoms with Gasteiger partial charge < -0.3 is 15.8 Å². The SMILES string of the molecule is Cc1c(F)cccc1-n1ncc(C(=O)Nc2ccc(OCC(F)(F)F)cn2)c1N. The molecule has 0 saturated heterocycles. The highest BCUT2D eigenvalue weighted by molar-refractivity contribution is 6.06. The van der Waals surface area contributed by atoms with Crippen molar-refractivity contribution >= 4 is 17.5 Å². The van der Waals surface area contributed by atoms with Gasteiger partial charge in [-0.15, -0.1) is 0 Å². The van der Waals surface area contributed by atoms with Crippen LogP contribution in [0.2, 0.25) is 0 Å². The number of carbonyl (C=O) groups excluding carboxylic acids is 1. The second-order valence-electron chi connectivity index (χ2n) is 5.98. The van der Waals surface area contributed by atoms with Crippen LogP contribution in [0.15, 0.2) is 42.7 Å². The molecule has 1 amide bonds. The second-order valence-corrected chi connectivity index (χ2v) is 5.98. The van der Waals surface area contributed by atoms with E-state index in [-0.39, 0.29) is 22.9 Å². The molecule has 3 aromatic rings. The fourth-order valence-corrected chi connectivity index (χ4v) is 2.44. The molecule has 3 N–H and O–H groups in total. The lowest BCUT2D eigenvalue weighted by molar-refractivity contribution is -0.153. The Morgan fingerprint density at radius 2 is 2.00 bits per heavy atom. The molecular weight excluding hydrogens is 394 g/mol. The third kappa shape index (κ3) is 4.62. The first-order valence-electron chi connectivity index (χ1n) is 8.21. The van der Waals surface area contributed by atoms with E-state index in [1.807, 2.05) is 0 Å². The highest BCUT2D eigenvalue weighted by atomic mass is 19.4. The van der Waals surface area contributed by atoms with Crippen LogP contribution >= 0.6 is 0 Å². The van der Waals surface area contributed by atoms with Gasteiger partial charge in [-0.25, -0.2) is 14.1 Å². The maximum absolute atomic E-state index is 13.8. The predicted octanol–water partition coefficient (Wildman–Crippen LogP) is 3.49. The summed E-state index contributed by atoms with van der Waals surface area (Å²) in [6, 6.07) is 6.90. The summed E-state index contributed by atoms with van der Waals surface area (Å²) >= 11 is 0. The van der Waals surface area contributed by atoms with E-state index in [4.69, 9.17) is 5.73 Å². The van der Waals surface area contributed by atoms with E-state index < -0.39 is 24.5 Å². The van der Waals surface area contributed by atoms with Gasteiger partial charge in [0.25, 0.3) is 5.91 Å². The summed E-state index contributed by atoms with van der Waals surface area (Å²) in [7, 11) is 0. The molecule has 0 bridgehead atoms. The van der Waals surface area contributed by atoms with Crippen LogP contribution < -0.4 is 15.8 Å². The molecule has 0 atom stereocenters. The van der Waals surface area contributed by atoms with E-state index in [0.29, 0.717) is 11.3 Å². The Labute approximate surface area is 162 Å². The number of anilines is 2. The van der Waals surface area contributed by atoms with Gasteiger partial charge in [-0.3, -0.25) is 4.79 Å². The number of alkyl halides is 3. The zero-order valence-electron chi connectivity index (χ0n) is 15.0. The average Bonchev–Trinajstić information content (AvgIpc) is 3.04. The number of pyridine rings is 1. The molecule has 0 aliphatic rings. The first kappa shape index (κ1) is 20.1. The van der Waals surface area contributed by atoms with Gasteiger partial charge in [0.2, 0.25) is 0 Å². The molecule has 152 valence electrons. The summed E-state index contributed by atoms with van der Waals surface area (Å²) in [5.74, 6) is -1.13. The van der Waals surface area contributed by atoms with Crippen molar-refractivity contribution in [3.63, 3.8) is 0 Å². The maximum atomic E-state index is 13.8. The first-order valence-corrected chi connectivity index (χ1v) is 8.21. The molecule has 11 heteroatoms. The van der Waals surface area contributed by atoms with Crippen molar-refractivity contribution < 1.29 is 27.1 Å². The van der Waals surface area contributed by atoms with Crippen LogP contribution in [0.25, 0.3) is 5.69 Å². The Kier molecular flexibility index (Phi) is 5.39. The van der Waals surface area contributed by atoms with Gasteiger partial charge >= 0.3 is 6.18 Å². The zero-order chi connectivity index (χ0) is 21.2. The number of ether oxygens (including phenoxy) is 1. The van der Waals surface area contributed by atoms with Gasteiger partial charge in [0.15, 0.2) is 6.61 Å². The van der Waals surface area contributed by atoms with Crippen molar-refractivity contribution in [2.24, 2.45) is 0 Å². The van der Waals surface area contributed by atoms with E-state index in [1.165, 1.54) is 35.1 Å². The van der Waals surface area contributed by atoms with Crippen molar-refractivity contribution in [2.45, 2.75) is 13.1 Å². The lowest BCUT2D eigenvalue weighted by Crippen LogP contribution is -2.19. The number of nitrogens with two attached hydrogens (primary N) is 1. The quantitative estimate of drug-likeness (QED) is 0.629. The van der Waals surface area contributed by atoms with E-state index in [1.54, 1.807) is 13.0 Å². The molecule has 0 aliphatic heterocycles. The summed E-state index contributed by atoms with van der Waals surface area (Å²) in [5.41, 5.74) is 6.70. The molecule has 0 unspecified atom stereocenters. The topological polar surface area (TPSA) is 95.1 Å². The summed E-state index contributed by atoms with van der Waals surface area (Å²) in [4.78, 5) is 16.3. The molecule has 2 aromatic heterocycles. The standard InChI is InChI=1S/C18H15F4N5O2/c1-10-13(19)3-2-4-14(10)27-16(23)12(8-25-27)17(28)26-15-6-5-11(7-24-15)29-9-18(20,21)22/h2-8H,9,23H2,1H3,(H,24,26,28).